The first kappa shape index (κ1) is 19.7. The third-order valence-electron chi connectivity index (χ3n) is 5.47. The van der Waals surface area contributed by atoms with Gasteiger partial charge in [0.1, 0.15) is 0 Å². The first-order valence-electron chi connectivity index (χ1n) is 8.96. The van der Waals surface area contributed by atoms with E-state index < -0.39 is 0 Å². The highest BCUT2D eigenvalue weighted by Crippen LogP contribution is 2.23. The van der Waals surface area contributed by atoms with Gasteiger partial charge < -0.3 is 15.1 Å². The summed E-state index contributed by atoms with van der Waals surface area (Å²) < 4.78 is 0. The molecule has 0 spiro atoms. The van der Waals surface area contributed by atoms with Crippen LogP contribution in [0.3, 0.4) is 0 Å². The van der Waals surface area contributed by atoms with Crippen LogP contribution >= 0.6 is 12.4 Å². The molecule has 5 nitrogen and oxygen atoms in total. The fourth-order valence-corrected chi connectivity index (χ4v) is 3.70. The number of nitrogens with zero attached hydrogens (tertiary/aromatic N) is 2. The van der Waals surface area contributed by atoms with Crippen molar-refractivity contribution < 1.29 is 9.59 Å². The molecule has 138 valence electrons. The zero-order valence-electron chi connectivity index (χ0n) is 15.0. The van der Waals surface area contributed by atoms with Crippen molar-refractivity contribution in [3.05, 3.63) is 35.9 Å². The molecule has 2 aliphatic rings. The van der Waals surface area contributed by atoms with E-state index in [-0.39, 0.29) is 36.2 Å². The van der Waals surface area contributed by atoms with Crippen LogP contribution in [0.2, 0.25) is 0 Å². The molecule has 0 aliphatic carbocycles. The second-order valence-corrected chi connectivity index (χ2v) is 6.95. The third kappa shape index (κ3) is 4.33. The predicted octanol–water partition coefficient (Wildman–Crippen LogP) is 2.17. The van der Waals surface area contributed by atoms with Gasteiger partial charge in [-0.3, -0.25) is 9.59 Å². The lowest BCUT2D eigenvalue weighted by molar-refractivity contribution is -0.140. The number of halogens is 1. The quantitative estimate of drug-likeness (QED) is 0.873. The summed E-state index contributed by atoms with van der Waals surface area (Å²) in [4.78, 5) is 29.3. The third-order valence-corrected chi connectivity index (χ3v) is 5.47. The maximum absolute atomic E-state index is 12.9. The molecule has 0 saturated carbocycles. The van der Waals surface area contributed by atoms with Crippen molar-refractivity contribution in [1.29, 1.82) is 0 Å². The van der Waals surface area contributed by atoms with E-state index in [0.29, 0.717) is 19.1 Å². The van der Waals surface area contributed by atoms with Crippen molar-refractivity contribution >= 4 is 24.2 Å². The van der Waals surface area contributed by atoms with Gasteiger partial charge in [0.15, 0.2) is 0 Å². The number of carbonyl (C=O) groups is 2. The molecule has 2 saturated heterocycles. The number of piperidine rings is 1. The number of benzene rings is 1. The molecule has 1 N–H and O–H groups in total. The molecule has 1 aromatic carbocycles. The highest BCUT2D eigenvalue weighted by atomic mass is 35.5. The lowest BCUT2D eigenvalue weighted by atomic mass is 9.93. The van der Waals surface area contributed by atoms with Crippen LogP contribution in [0.15, 0.2) is 30.3 Å². The Morgan fingerprint density at radius 3 is 2.32 bits per heavy atom. The Morgan fingerprint density at radius 2 is 1.68 bits per heavy atom. The predicted molar refractivity (Wildman–Crippen MR) is 101 cm³/mol. The summed E-state index contributed by atoms with van der Waals surface area (Å²) in [5, 5.41) is 3.41. The van der Waals surface area contributed by atoms with E-state index in [4.69, 9.17) is 0 Å². The molecule has 6 heteroatoms. The second-order valence-electron chi connectivity index (χ2n) is 6.95. The van der Waals surface area contributed by atoms with E-state index in [1.165, 1.54) is 0 Å². The maximum Gasteiger partial charge on any atom is 0.253 e. The summed E-state index contributed by atoms with van der Waals surface area (Å²) in [6, 6.07) is 9.95. The smallest absolute Gasteiger partial charge is 0.253 e. The highest BCUT2D eigenvalue weighted by molar-refractivity contribution is 5.94. The van der Waals surface area contributed by atoms with Gasteiger partial charge in [0.05, 0.1) is 0 Å². The van der Waals surface area contributed by atoms with E-state index in [9.17, 15) is 9.59 Å². The van der Waals surface area contributed by atoms with Crippen LogP contribution in [-0.2, 0) is 4.79 Å². The maximum atomic E-state index is 12.9. The monoisotopic (exact) mass is 365 g/mol. The molecule has 2 fully saturated rings. The molecule has 2 aliphatic heterocycles. The molecule has 0 aromatic heterocycles. The molecule has 2 atom stereocenters. The molecule has 2 heterocycles. The first-order valence-corrected chi connectivity index (χ1v) is 8.96. The molecular weight excluding hydrogens is 338 g/mol. The minimum atomic E-state index is 0. The highest BCUT2D eigenvalue weighted by Gasteiger charge is 2.34. The average Bonchev–Trinajstić information content (AvgIpc) is 2.64. The Kier molecular flexibility index (Phi) is 6.85. The summed E-state index contributed by atoms with van der Waals surface area (Å²) >= 11 is 0. The van der Waals surface area contributed by atoms with Crippen LogP contribution in [0.1, 0.15) is 37.0 Å². The molecule has 0 bridgehead atoms. The van der Waals surface area contributed by atoms with E-state index in [1.807, 2.05) is 40.1 Å². The van der Waals surface area contributed by atoms with E-state index in [1.54, 1.807) is 0 Å². The summed E-state index contributed by atoms with van der Waals surface area (Å²) in [7, 11) is 0. The molecule has 1 aromatic rings. The fourth-order valence-electron chi connectivity index (χ4n) is 3.70. The summed E-state index contributed by atoms with van der Waals surface area (Å²) in [5.41, 5.74) is 0.729. The van der Waals surface area contributed by atoms with E-state index >= 15 is 0 Å². The minimum absolute atomic E-state index is 0. The van der Waals surface area contributed by atoms with Gasteiger partial charge in [-0.2, -0.15) is 0 Å². The van der Waals surface area contributed by atoms with E-state index in [0.717, 1.165) is 31.5 Å². The van der Waals surface area contributed by atoms with Crippen molar-refractivity contribution in [3.63, 3.8) is 0 Å². The van der Waals surface area contributed by atoms with Crippen molar-refractivity contribution in [3.8, 4) is 0 Å². The van der Waals surface area contributed by atoms with Gasteiger partial charge in [0.2, 0.25) is 5.91 Å². The van der Waals surface area contributed by atoms with Crippen LogP contribution < -0.4 is 5.32 Å². The van der Waals surface area contributed by atoms with E-state index in [2.05, 4.69) is 19.2 Å². The number of piperazine rings is 1. The van der Waals surface area contributed by atoms with Crippen LogP contribution in [0.25, 0.3) is 0 Å². The number of nitrogens with one attached hydrogen (secondary N) is 1. The number of likely N-dealkylation sites (tertiary alicyclic amines) is 1. The van der Waals surface area contributed by atoms with Gasteiger partial charge in [0.25, 0.3) is 5.91 Å². The molecule has 2 amide bonds. The van der Waals surface area contributed by atoms with Gasteiger partial charge in [-0.15, -0.1) is 12.4 Å². The topological polar surface area (TPSA) is 52.7 Å². The van der Waals surface area contributed by atoms with Crippen molar-refractivity contribution in [2.75, 3.05) is 26.2 Å². The summed E-state index contributed by atoms with van der Waals surface area (Å²) in [6.07, 6.45) is 1.53. The standard InChI is InChI=1S/C19H27N3O2.ClH/c1-14-15(2)22(13-10-20-14)19(24)17-8-11-21(12-9-17)18(23)16-6-4-3-5-7-16;/h3-7,14-15,17,20H,8-13H2,1-2H3;1H. The van der Waals surface area contributed by atoms with Crippen LogP contribution in [0.4, 0.5) is 0 Å². The van der Waals surface area contributed by atoms with Crippen molar-refractivity contribution in [2.24, 2.45) is 5.92 Å². The Bertz CT molecular complexity index is 588. The lowest BCUT2D eigenvalue weighted by Gasteiger charge is -2.41. The molecule has 2 unspecified atom stereocenters. The van der Waals surface area contributed by atoms with Gasteiger partial charge in [-0.25, -0.2) is 0 Å². The number of amides is 2. The number of hydrogen-bond acceptors (Lipinski definition) is 3. The fraction of sp³-hybridized carbons (Fsp3) is 0.579. The molecular formula is C19H28ClN3O2. The van der Waals surface area contributed by atoms with Crippen molar-refractivity contribution in [2.45, 2.75) is 38.8 Å². The zero-order valence-corrected chi connectivity index (χ0v) is 15.8. The largest absolute Gasteiger partial charge is 0.339 e. The number of hydrogen-bond donors (Lipinski definition) is 1. The number of rotatable bonds is 2. The summed E-state index contributed by atoms with van der Waals surface area (Å²) in [5.74, 6) is 0.394. The summed E-state index contributed by atoms with van der Waals surface area (Å²) in [6.45, 7) is 7.23. The molecule has 3 rings (SSSR count). The molecule has 25 heavy (non-hydrogen) atoms. The number of carbonyl (C=O) groups excluding carboxylic acids is 2. The van der Waals surface area contributed by atoms with Gasteiger partial charge in [0, 0.05) is 49.7 Å². The minimum Gasteiger partial charge on any atom is -0.339 e. The zero-order chi connectivity index (χ0) is 17.1. The van der Waals surface area contributed by atoms with Crippen LogP contribution in [-0.4, -0.2) is 59.9 Å². The van der Waals surface area contributed by atoms with Crippen LogP contribution in [0, 0.1) is 5.92 Å². The molecule has 0 radical (unpaired) electrons. The van der Waals surface area contributed by atoms with Gasteiger partial charge >= 0.3 is 0 Å². The second kappa shape index (κ2) is 8.68. The Hall–Kier alpha value is -1.59. The SMILES string of the molecule is CC1NCCN(C(=O)C2CCN(C(=O)c3ccccc3)CC2)C1C.Cl. The lowest BCUT2D eigenvalue weighted by Crippen LogP contribution is -2.59. The average molecular weight is 366 g/mol. The normalized spacial score (nSPS) is 24.6. The van der Waals surface area contributed by atoms with Crippen LogP contribution in [0.5, 0.6) is 0 Å². The Labute approximate surface area is 156 Å². The van der Waals surface area contributed by atoms with Gasteiger partial charge in [-0.05, 0) is 38.8 Å². The van der Waals surface area contributed by atoms with Gasteiger partial charge in [-0.1, -0.05) is 18.2 Å². The Balaban J connectivity index is 0.00000225. The van der Waals surface area contributed by atoms with Crippen molar-refractivity contribution in [1.82, 2.24) is 15.1 Å². The Morgan fingerprint density at radius 1 is 1.04 bits per heavy atom. The first-order chi connectivity index (χ1) is 11.6.